The van der Waals surface area contributed by atoms with Gasteiger partial charge >= 0.3 is 0 Å². The van der Waals surface area contributed by atoms with Crippen molar-refractivity contribution in [3.05, 3.63) is 65.7 Å². The molecule has 0 radical (unpaired) electrons. The highest BCUT2D eigenvalue weighted by Gasteiger charge is 2.35. The minimum atomic E-state index is -0.467. The van der Waals surface area contributed by atoms with Crippen LogP contribution in [0.15, 0.2) is 55.1 Å². The first-order valence-electron chi connectivity index (χ1n) is 8.25. The van der Waals surface area contributed by atoms with Crippen molar-refractivity contribution in [2.75, 3.05) is 16.8 Å². The second-order valence-corrected chi connectivity index (χ2v) is 7.10. The van der Waals surface area contributed by atoms with Gasteiger partial charge in [0.05, 0.1) is 16.1 Å². The van der Waals surface area contributed by atoms with E-state index in [1.165, 1.54) is 17.4 Å². The Labute approximate surface area is 159 Å². The van der Waals surface area contributed by atoms with Crippen LogP contribution in [-0.2, 0) is 9.59 Å². The lowest BCUT2D eigenvalue weighted by molar-refractivity contribution is -0.117. The monoisotopic (exact) mass is 374 g/mol. The average Bonchev–Trinajstić information content (AvgIpc) is 3.28. The van der Waals surface area contributed by atoms with Crippen molar-refractivity contribution < 1.29 is 9.59 Å². The molecule has 0 aliphatic carbocycles. The largest absolute Gasteiger partial charge is 0.325 e. The fraction of sp³-hybridized carbons (Fsp3) is 0.100. The third kappa shape index (κ3) is 2.96. The maximum atomic E-state index is 12.9. The van der Waals surface area contributed by atoms with Gasteiger partial charge in [-0.1, -0.05) is 24.8 Å². The van der Waals surface area contributed by atoms with Crippen LogP contribution in [0.3, 0.4) is 0 Å². The number of anilines is 2. The Bertz CT molecular complexity index is 1130. The van der Waals surface area contributed by atoms with Gasteiger partial charge in [-0.2, -0.15) is 5.26 Å². The van der Waals surface area contributed by atoms with Crippen molar-refractivity contribution in [2.24, 2.45) is 0 Å². The van der Waals surface area contributed by atoms with Crippen LogP contribution in [0.25, 0.3) is 10.2 Å². The molecule has 6 nitrogen and oxygen atoms in total. The van der Waals surface area contributed by atoms with E-state index < -0.39 is 5.92 Å². The van der Waals surface area contributed by atoms with Gasteiger partial charge in [0.25, 0.3) is 0 Å². The Morgan fingerprint density at radius 2 is 2.15 bits per heavy atom. The summed E-state index contributed by atoms with van der Waals surface area (Å²) < 4.78 is 0.888. The number of nitriles is 1. The van der Waals surface area contributed by atoms with Gasteiger partial charge in [-0.05, 0) is 35.9 Å². The average molecular weight is 374 g/mol. The Morgan fingerprint density at radius 1 is 1.33 bits per heavy atom. The van der Waals surface area contributed by atoms with Crippen LogP contribution in [-0.4, -0.2) is 23.3 Å². The number of fused-ring (bicyclic) bond motifs is 2. The predicted octanol–water partition coefficient (Wildman–Crippen LogP) is 3.42. The first-order chi connectivity index (χ1) is 13.1. The van der Waals surface area contributed by atoms with Gasteiger partial charge in [-0.3, -0.25) is 9.59 Å². The molecule has 2 heterocycles. The zero-order chi connectivity index (χ0) is 19.0. The highest BCUT2D eigenvalue weighted by atomic mass is 32.1. The number of thiazole rings is 1. The lowest BCUT2D eigenvalue weighted by Crippen LogP contribution is -2.31. The summed E-state index contributed by atoms with van der Waals surface area (Å²) in [5, 5.41) is 12.3. The quantitative estimate of drug-likeness (QED) is 0.712. The molecule has 1 N–H and O–H groups in total. The van der Waals surface area contributed by atoms with Crippen molar-refractivity contribution in [1.82, 2.24) is 4.98 Å². The van der Waals surface area contributed by atoms with E-state index in [0.29, 0.717) is 16.2 Å². The Hall–Kier alpha value is -3.50. The molecule has 0 fully saturated rings. The molecule has 7 heteroatoms. The molecule has 1 atom stereocenters. The van der Waals surface area contributed by atoms with Gasteiger partial charge in [0.2, 0.25) is 11.8 Å². The first-order valence-corrected chi connectivity index (χ1v) is 9.07. The molecule has 0 bridgehead atoms. The van der Waals surface area contributed by atoms with Crippen LogP contribution < -0.4 is 10.2 Å². The van der Waals surface area contributed by atoms with Crippen molar-refractivity contribution in [1.29, 1.82) is 5.26 Å². The second-order valence-electron chi connectivity index (χ2n) is 6.07. The van der Waals surface area contributed by atoms with E-state index in [9.17, 15) is 9.59 Å². The van der Waals surface area contributed by atoms with Crippen LogP contribution in [0.4, 0.5) is 11.4 Å². The maximum Gasteiger partial charge on any atom is 0.250 e. The fourth-order valence-electron chi connectivity index (χ4n) is 3.23. The number of nitrogens with one attached hydrogen (secondary N) is 1. The summed E-state index contributed by atoms with van der Waals surface area (Å²) in [6.07, 6.45) is 1.25. The summed E-state index contributed by atoms with van der Waals surface area (Å²) in [4.78, 5) is 30.8. The number of nitrogens with zero attached hydrogens (tertiary/aromatic N) is 3. The van der Waals surface area contributed by atoms with Crippen LogP contribution in [0, 0.1) is 11.3 Å². The number of carbonyl (C=O) groups excluding carboxylic acids is 2. The summed E-state index contributed by atoms with van der Waals surface area (Å²) in [5.74, 6) is -0.895. The molecule has 1 aromatic heterocycles. The van der Waals surface area contributed by atoms with Crippen molar-refractivity contribution in [3.8, 4) is 6.07 Å². The molecular formula is C20H14N4O2S. The number of rotatable bonds is 3. The predicted molar refractivity (Wildman–Crippen MR) is 105 cm³/mol. The smallest absolute Gasteiger partial charge is 0.250 e. The Balaban J connectivity index is 1.61. The molecule has 2 aromatic carbocycles. The summed E-state index contributed by atoms with van der Waals surface area (Å²) in [5.41, 5.74) is 2.82. The van der Waals surface area contributed by atoms with Crippen molar-refractivity contribution >= 4 is 44.7 Å². The third-order valence-corrected chi connectivity index (χ3v) is 5.42. The number of hydrogen-bond acceptors (Lipinski definition) is 5. The SMILES string of the molecule is C=CC(=O)N1C[C@H](C(=O)Nc2ccc3sc(C#N)nc3c2)c2ccccc21. The fourth-order valence-corrected chi connectivity index (χ4v) is 3.98. The first kappa shape index (κ1) is 16.9. The van der Waals surface area contributed by atoms with Gasteiger partial charge in [0.15, 0.2) is 5.01 Å². The van der Waals surface area contributed by atoms with E-state index in [1.807, 2.05) is 36.4 Å². The molecule has 4 rings (SSSR count). The van der Waals surface area contributed by atoms with Gasteiger partial charge in [-0.15, -0.1) is 11.3 Å². The number of hydrogen-bond donors (Lipinski definition) is 1. The highest BCUT2D eigenvalue weighted by Crippen LogP contribution is 2.37. The summed E-state index contributed by atoms with van der Waals surface area (Å²) >= 11 is 1.31. The highest BCUT2D eigenvalue weighted by molar-refractivity contribution is 7.19. The number of para-hydroxylation sites is 1. The standard InChI is InChI=1S/C20H14N4O2S/c1-2-19(25)24-11-14(13-5-3-4-6-16(13)24)20(26)22-12-7-8-17-15(9-12)23-18(10-21)27-17/h2-9,14H,1,11H2,(H,22,26)/t14-/m0/s1. The summed E-state index contributed by atoms with van der Waals surface area (Å²) in [7, 11) is 0. The molecule has 0 spiro atoms. The topological polar surface area (TPSA) is 86.1 Å². The molecule has 0 saturated carbocycles. The molecule has 0 unspecified atom stereocenters. The van der Waals surface area contributed by atoms with Crippen LogP contribution in [0.1, 0.15) is 16.5 Å². The molecule has 0 saturated heterocycles. The molecule has 3 aromatic rings. The maximum absolute atomic E-state index is 12.9. The van der Waals surface area contributed by atoms with Gasteiger partial charge < -0.3 is 10.2 Å². The van der Waals surface area contributed by atoms with Crippen LogP contribution in [0.5, 0.6) is 0 Å². The summed E-state index contributed by atoms with van der Waals surface area (Å²) in [6.45, 7) is 3.80. The van der Waals surface area contributed by atoms with Gasteiger partial charge in [-0.25, -0.2) is 4.98 Å². The zero-order valence-electron chi connectivity index (χ0n) is 14.2. The number of benzene rings is 2. The normalized spacial score (nSPS) is 15.2. The second kappa shape index (κ2) is 6.67. The van der Waals surface area contributed by atoms with Crippen LogP contribution in [0.2, 0.25) is 0 Å². The lowest BCUT2D eigenvalue weighted by atomic mass is 10.0. The van der Waals surface area contributed by atoms with Gasteiger partial charge in [0.1, 0.15) is 6.07 Å². The minimum absolute atomic E-state index is 0.197. The van der Waals surface area contributed by atoms with E-state index in [-0.39, 0.29) is 18.4 Å². The van der Waals surface area contributed by atoms with E-state index in [0.717, 1.165) is 16.0 Å². The Kier molecular flexibility index (Phi) is 4.18. The molecule has 1 aliphatic rings. The minimum Gasteiger partial charge on any atom is -0.325 e. The van der Waals surface area contributed by atoms with Gasteiger partial charge in [0, 0.05) is 17.9 Å². The van der Waals surface area contributed by atoms with E-state index in [4.69, 9.17) is 5.26 Å². The molecule has 132 valence electrons. The number of amides is 2. The van der Waals surface area contributed by atoms with E-state index in [1.54, 1.807) is 17.0 Å². The van der Waals surface area contributed by atoms with Crippen molar-refractivity contribution in [2.45, 2.75) is 5.92 Å². The van der Waals surface area contributed by atoms with E-state index in [2.05, 4.69) is 16.9 Å². The third-order valence-electron chi connectivity index (χ3n) is 4.48. The van der Waals surface area contributed by atoms with E-state index >= 15 is 0 Å². The Morgan fingerprint density at radius 3 is 2.93 bits per heavy atom. The molecular weight excluding hydrogens is 360 g/mol. The molecule has 1 aliphatic heterocycles. The number of carbonyl (C=O) groups is 2. The zero-order valence-corrected chi connectivity index (χ0v) is 15.0. The number of aromatic nitrogens is 1. The lowest BCUT2D eigenvalue weighted by Gasteiger charge is -2.15. The van der Waals surface area contributed by atoms with Crippen molar-refractivity contribution in [3.63, 3.8) is 0 Å². The molecule has 27 heavy (non-hydrogen) atoms. The summed E-state index contributed by atoms with van der Waals surface area (Å²) in [6, 6.07) is 14.8. The van der Waals surface area contributed by atoms with Crippen LogP contribution >= 0.6 is 11.3 Å². The molecule has 2 amide bonds.